The van der Waals surface area contributed by atoms with Gasteiger partial charge < -0.3 is 4.98 Å². The van der Waals surface area contributed by atoms with Crippen LogP contribution in [0.4, 0.5) is 0 Å². The van der Waals surface area contributed by atoms with Gasteiger partial charge in [-0.1, -0.05) is 31.5 Å². The molecule has 1 amide bonds. The molecule has 3 aromatic rings. The Kier molecular flexibility index (Phi) is 6.51. The van der Waals surface area contributed by atoms with Crippen LogP contribution in [0.3, 0.4) is 0 Å². The molecule has 166 valence electrons. The van der Waals surface area contributed by atoms with Crippen LogP contribution in [0.15, 0.2) is 46.3 Å². The molecule has 0 radical (unpaired) electrons. The van der Waals surface area contributed by atoms with Crippen molar-refractivity contribution in [1.29, 1.82) is 0 Å². The zero-order valence-corrected chi connectivity index (χ0v) is 19.0. The molecule has 0 aliphatic carbocycles. The van der Waals surface area contributed by atoms with E-state index in [4.69, 9.17) is 0 Å². The number of carbonyl (C=O) groups is 1. The van der Waals surface area contributed by atoms with E-state index in [1.807, 2.05) is 12.1 Å². The second-order valence-electron chi connectivity index (χ2n) is 8.72. The van der Waals surface area contributed by atoms with Crippen molar-refractivity contribution in [2.24, 2.45) is 5.10 Å². The normalized spacial score (nSPS) is 13.7. The number of unbranched alkanes of at least 4 members (excludes halogenated alkanes) is 1. The number of aromatic nitrogens is 1. The SMILES string of the molecule is CCCCc1ccc2[nH]c(=O)c(/C=N\NC(=O)CN3Cc4cc(C)c(C)cc4C3)cc2c1. The maximum Gasteiger partial charge on any atom is 0.257 e. The zero-order valence-electron chi connectivity index (χ0n) is 19.0. The number of H-pyrrole nitrogens is 1. The maximum atomic E-state index is 12.4. The van der Waals surface area contributed by atoms with Crippen molar-refractivity contribution in [3.63, 3.8) is 0 Å². The molecule has 0 saturated heterocycles. The van der Waals surface area contributed by atoms with Gasteiger partial charge in [-0.25, -0.2) is 5.43 Å². The summed E-state index contributed by atoms with van der Waals surface area (Å²) in [6.07, 6.45) is 4.71. The second kappa shape index (κ2) is 9.49. The maximum absolute atomic E-state index is 12.4. The Bertz CT molecular complexity index is 1210. The minimum atomic E-state index is -0.225. The number of aryl methyl sites for hydroxylation is 3. The predicted octanol–water partition coefficient (Wildman–Crippen LogP) is 3.95. The predicted molar refractivity (Wildman–Crippen MR) is 129 cm³/mol. The Balaban J connectivity index is 1.38. The number of amides is 1. The molecule has 6 heteroatoms. The van der Waals surface area contributed by atoms with Crippen LogP contribution in [-0.4, -0.2) is 28.6 Å². The highest BCUT2D eigenvalue weighted by atomic mass is 16.2. The molecule has 0 saturated carbocycles. The fourth-order valence-corrected chi connectivity index (χ4v) is 4.20. The molecule has 1 aliphatic rings. The largest absolute Gasteiger partial charge is 0.321 e. The Morgan fingerprint density at radius 3 is 2.53 bits per heavy atom. The van der Waals surface area contributed by atoms with E-state index < -0.39 is 0 Å². The second-order valence-corrected chi connectivity index (χ2v) is 8.72. The zero-order chi connectivity index (χ0) is 22.7. The van der Waals surface area contributed by atoms with E-state index in [0.717, 1.165) is 43.3 Å². The number of nitrogens with zero attached hydrogens (tertiary/aromatic N) is 2. The molecule has 0 atom stereocenters. The number of carbonyl (C=O) groups excluding carboxylic acids is 1. The molecular weight excluding hydrogens is 400 g/mol. The number of benzene rings is 2. The van der Waals surface area contributed by atoms with E-state index >= 15 is 0 Å². The fraction of sp³-hybridized carbons (Fsp3) is 0.346. The van der Waals surface area contributed by atoms with Gasteiger partial charge in [0.1, 0.15) is 0 Å². The van der Waals surface area contributed by atoms with Gasteiger partial charge in [-0.3, -0.25) is 14.5 Å². The Morgan fingerprint density at radius 2 is 1.84 bits per heavy atom. The summed E-state index contributed by atoms with van der Waals surface area (Å²) < 4.78 is 0. The number of nitrogens with one attached hydrogen (secondary N) is 2. The van der Waals surface area contributed by atoms with E-state index in [2.05, 4.69) is 65.4 Å². The minimum Gasteiger partial charge on any atom is -0.321 e. The third kappa shape index (κ3) is 4.97. The standard InChI is InChI=1S/C26H30N4O2/c1-4-5-6-19-7-8-24-20(11-19)12-21(26(32)28-24)13-27-29-25(31)16-30-14-22-9-17(2)18(3)10-23(22)15-30/h7-13H,4-6,14-16H2,1-3H3,(H,28,32)(H,29,31)/b27-13-. The highest BCUT2D eigenvalue weighted by Gasteiger charge is 2.21. The first kappa shape index (κ1) is 22.0. The lowest BCUT2D eigenvalue weighted by Gasteiger charge is -2.12. The molecule has 6 nitrogen and oxygen atoms in total. The first-order valence-electron chi connectivity index (χ1n) is 11.2. The van der Waals surface area contributed by atoms with Crippen molar-refractivity contribution >= 4 is 23.0 Å². The number of rotatable bonds is 7. The monoisotopic (exact) mass is 430 g/mol. The number of aromatic amines is 1. The summed E-state index contributed by atoms with van der Waals surface area (Å²) in [5.41, 5.74) is 9.92. The van der Waals surface area contributed by atoms with Crippen LogP contribution in [0.5, 0.6) is 0 Å². The Hall–Kier alpha value is -3.25. The summed E-state index contributed by atoms with van der Waals surface area (Å²) in [6, 6.07) is 12.3. The van der Waals surface area contributed by atoms with Crippen molar-refractivity contribution in [3.8, 4) is 0 Å². The van der Waals surface area contributed by atoms with Gasteiger partial charge in [0.15, 0.2) is 0 Å². The van der Waals surface area contributed by atoms with Gasteiger partial charge >= 0.3 is 0 Å². The Morgan fingerprint density at radius 1 is 1.12 bits per heavy atom. The van der Waals surface area contributed by atoms with Crippen molar-refractivity contribution in [3.05, 3.63) is 80.1 Å². The topological polar surface area (TPSA) is 77.6 Å². The number of hydrogen-bond acceptors (Lipinski definition) is 4. The van der Waals surface area contributed by atoms with Crippen molar-refractivity contribution in [2.45, 2.75) is 53.1 Å². The molecule has 1 aliphatic heterocycles. The smallest absolute Gasteiger partial charge is 0.257 e. The van der Waals surface area contributed by atoms with Gasteiger partial charge in [-0.15, -0.1) is 0 Å². The van der Waals surface area contributed by atoms with Gasteiger partial charge in [0.2, 0.25) is 0 Å². The average molecular weight is 431 g/mol. The average Bonchev–Trinajstić information content (AvgIpc) is 3.13. The molecule has 0 fully saturated rings. The quantitative estimate of drug-likeness (QED) is 0.440. The fourth-order valence-electron chi connectivity index (χ4n) is 4.20. The van der Waals surface area contributed by atoms with E-state index in [1.165, 1.54) is 34.0 Å². The third-order valence-electron chi connectivity index (χ3n) is 6.12. The van der Waals surface area contributed by atoms with Gasteiger partial charge in [0.05, 0.1) is 18.3 Å². The molecule has 2 aromatic carbocycles. The summed E-state index contributed by atoms with van der Waals surface area (Å²) in [6.45, 7) is 8.18. The number of hydrogen-bond donors (Lipinski definition) is 2. The van der Waals surface area contributed by atoms with Crippen LogP contribution in [0.25, 0.3) is 10.9 Å². The van der Waals surface area contributed by atoms with Crippen molar-refractivity contribution < 1.29 is 4.79 Å². The summed E-state index contributed by atoms with van der Waals surface area (Å²) in [4.78, 5) is 29.7. The molecule has 4 rings (SSSR count). The number of pyridine rings is 1. The first-order valence-corrected chi connectivity index (χ1v) is 11.2. The molecule has 32 heavy (non-hydrogen) atoms. The van der Waals surface area contributed by atoms with Crippen LogP contribution < -0.4 is 11.0 Å². The number of hydrazone groups is 1. The van der Waals surface area contributed by atoms with Gasteiger partial charge in [0, 0.05) is 18.6 Å². The van der Waals surface area contributed by atoms with Gasteiger partial charge in [-0.2, -0.15) is 5.10 Å². The van der Waals surface area contributed by atoms with Crippen molar-refractivity contribution in [1.82, 2.24) is 15.3 Å². The van der Waals surface area contributed by atoms with E-state index in [1.54, 1.807) is 0 Å². The Labute approximate surface area is 188 Å². The third-order valence-corrected chi connectivity index (χ3v) is 6.12. The lowest BCUT2D eigenvalue weighted by atomic mass is 10.0. The van der Waals surface area contributed by atoms with E-state index in [-0.39, 0.29) is 18.0 Å². The van der Waals surface area contributed by atoms with Crippen LogP contribution in [0, 0.1) is 13.8 Å². The summed E-state index contributed by atoms with van der Waals surface area (Å²) in [7, 11) is 0. The highest BCUT2D eigenvalue weighted by Crippen LogP contribution is 2.25. The van der Waals surface area contributed by atoms with Gasteiger partial charge in [0.25, 0.3) is 11.5 Å². The van der Waals surface area contributed by atoms with Gasteiger partial charge in [-0.05, 0) is 78.1 Å². The molecule has 0 bridgehead atoms. The molecular formula is C26H30N4O2. The van der Waals surface area contributed by atoms with Crippen LogP contribution in [0.2, 0.25) is 0 Å². The van der Waals surface area contributed by atoms with E-state index in [9.17, 15) is 9.59 Å². The van der Waals surface area contributed by atoms with Crippen LogP contribution in [0.1, 0.15) is 53.1 Å². The van der Waals surface area contributed by atoms with Crippen LogP contribution >= 0.6 is 0 Å². The van der Waals surface area contributed by atoms with E-state index in [0.29, 0.717) is 5.56 Å². The molecule has 1 aromatic heterocycles. The van der Waals surface area contributed by atoms with Crippen LogP contribution in [-0.2, 0) is 24.3 Å². The molecule has 2 heterocycles. The summed E-state index contributed by atoms with van der Waals surface area (Å²) in [5, 5.41) is 4.99. The van der Waals surface area contributed by atoms with Crippen molar-refractivity contribution in [2.75, 3.05) is 6.54 Å². The minimum absolute atomic E-state index is 0.193. The summed E-state index contributed by atoms with van der Waals surface area (Å²) in [5.74, 6) is -0.193. The molecule has 0 spiro atoms. The lowest BCUT2D eigenvalue weighted by molar-refractivity contribution is -0.122. The molecule has 0 unspecified atom stereocenters. The lowest BCUT2D eigenvalue weighted by Crippen LogP contribution is -2.32. The highest BCUT2D eigenvalue weighted by molar-refractivity contribution is 5.88. The summed E-state index contributed by atoms with van der Waals surface area (Å²) >= 11 is 0. The molecule has 2 N–H and O–H groups in total. The number of fused-ring (bicyclic) bond motifs is 2. The first-order chi connectivity index (χ1) is 15.4.